The van der Waals surface area contributed by atoms with Crippen LogP contribution >= 0.6 is 11.6 Å². The fraction of sp³-hybridized carbons (Fsp3) is 0.583. The van der Waals surface area contributed by atoms with Crippen LogP contribution < -0.4 is 0 Å². The number of fused-ring (bicyclic) bond motifs is 3. The fourth-order valence-electron chi connectivity index (χ4n) is 2.47. The summed E-state index contributed by atoms with van der Waals surface area (Å²) in [5, 5.41) is 13.6. The van der Waals surface area contributed by atoms with Gasteiger partial charge in [-0.25, -0.2) is 0 Å². The van der Waals surface area contributed by atoms with Crippen LogP contribution in [0.4, 0.5) is 0 Å². The summed E-state index contributed by atoms with van der Waals surface area (Å²) in [7, 11) is 0. The molecule has 2 heterocycles. The highest BCUT2D eigenvalue weighted by Gasteiger charge is 2.21. The molecule has 0 atom stereocenters. The average molecular weight is 251 g/mol. The SMILES string of the molecule is CC(C)c1nnc2c3c(c(Cl)nn12)CCCC3. The lowest BCUT2D eigenvalue weighted by Crippen LogP contribution is -2.10. The quantitative estimate of drug-likeness (QED) is 0.782. The van der Waals surface area contributed by atoms with Crippen molar-refractivity contribution in [1.82, 2.24) is 19.8 Å². The Labute approximate surface area is 105 Å². The normalized spacial score (nSPS) is 15.5. The van der Waals surface area contributed by atoms with E-state index in [-0.39, 0.29) is 0 Å². The summed E-state index contributed by atoms with van der Waals surface area (Å²) in [5.74, 6) is 1.19. The minimum atomic E-state index is 0.301. The average Bonchev–Trinajstić information content (AvgIpc) is 2.73. The van der Waals surface area contributed by atoms with Crippen molar-refractivity contribution in [2.75, 3.05) is 0 Å². The van der Waals surface area contributed by atoms with Crippen LogP contribution in [0.2, 0.25) is 5.15 Å². The van der Waals surface area contributed by atoms with Crippen LogP contribution in [0.1, 0.15) is 49.6 Å². The molecule has 3 rings (SSSR count). The van der Waals surface area contributed by atoms with Gasteiger partial charge in [0.1, 0.15) is 0 Å². The molecule has 0 radical (unpaired) electrons. The zero-order valence-electron chi connectivity index (χ0n) is 10.1. The summed E-state index contributed by atoms with van der Waals surface area (Å²) in [6, 6.07) is 0. The van der Waals surface area contributed by atoms with E-state index in [1.165, 1.54) is 24.0 Å². The van der Waals surface area contributed by atoms with Crippen molar-refractivity contribution in [3.05, 3.63) is 22.1 Å². The van der Waals surface area contributed by atoms with Crippen molar-refractivity contribution in [1.29, 1.82) is 0 Å². The molecule has 1 aliphatic carbocycles. The molecule has 0 spiro atoms. The standard InChI is InChI=1S/C12H15ClN4/c1-7(2)11-14-15-12-9-6-4-3-5-8(9)10(13)16-17(11)12/h7H,3-6H2,1-2H3. The Bertz CT molecular complexity index is 573. The molecule has 0 aromatic carbocycles. The molecule has 4 nitrogen and oxygen atoms in total. The van der Waals surface area contributed by atoms with Crippen molar-refractivity contribution < 1.29 is 0 Å². The molecule has 0 saturated carbocycles. The van der Waals surface area contributed by atoms with Gasteiger partial charge < -0.3 is 0 Å². The Hall–Kier alpha value is -1.16. The largest absolute Gasteiger partial charge is 0.195 e. The van der Waals surface area contributed by atoms with Crippen molar-refractivity contribution >= 4 is 17.2 Å². The summed E-state index contributed by atoms with van der Waals surface area (Å²) >= 11 is 6.27. The molecule has 2 aromatic rings. The van der Waals surface area contributed by atoms with Gasteiger partial charge in [-0.2, -0.15) is 9.61 Å². The molecule has 5 heteroatoms. The zero-order chi connectivity index (χ0) is 12.0. The Kier molecular flexibility index (Phi) is 2.54. The second-order valence-corrected chi connectivity index (χ2v) is 5.26. The van der Waals surface area contributed by atoms with Gasteiger partial charge in [0.15, 0.2) is 16.6 Å². The van der Waals surface area contributed by atoms with E-state index in [4.69, 9.17) is 11.6 Å². The molecule has 2 aromatic heterocycles. The molecular formula is C12H15ClN4. The fourth-order valence-corrected chi connectivity index (χ4v) is 2.75. The first-order valence-corrected chi connectivity index (χ1v) is 6.49. The number of hydrogen-bond donors (Lipinski definition) is 0. The third-order valence-corrected chi connectivity index (χ3v) is 3.66. The molecule has 0 fully saturated rings. The predicted octanol–water partition coefficient (Wildman–Crippen LogP) is 2.78. The van der Waals surface area contributed by atoms with Crippen LogP contribution in [0, 0.1) is 0 Å². The van der Waals surface area contributed by atoms with Gasteiger partial charge in [-0.1, -0.05) is 25.4 Å². The molecule has 0 N–H and O–H groups in total. The third-order valence-electron chi connectivity index (χ3n) is 3.36. The van der Waals surface area contributed by atoms with Crippen molar-refractivity contribution in [3.8, 4) is 0 Å². The highest BCUT2D eigenvalue weighted by Crippen LogP contribution is 2.29. The minimum Gasteiger partial charge on any atom is -0.195 e. The molecule has 0 unspecified atom stereocenters. The number of rotatable bonds is 1. The van der Waals surface area contributed by atoms with E-state index in [2.05, 4.69) is 29.1 Å². The van der Waals surface area contributed by atoms with E-state index in [0.717, 1.165) is 24.3 Å². The van der Waals surface area contributed by atoms with E-state index in [1.54, 1.807) is 0 Å². The molecule has 1 aliphatic rings. The lowest BCUT2D eigenvalue weighted by atomic mass is 9.94. The van der Waals surface area contributed by atoms with E-state index < -0.39 is 0 Å². The first kappa shape index (κ1) is 11.0. The molecule has 0 aliphatic heterocycles. The van der Waals surface area contributed by atoms with Gasteiger partial charge >= 0.3 is 0 Å². The summed E-state index contributed by atoms with van der Waals surface area (Å²) in [6.07, 6.45) is 4.45. The minimum absolute atomic E-state index is 0.301. The number of nitrogens with zero attached hydrogens (tertiary/aromatic N) is 4. The van der Waals surface area contributed by atoms with E-state index in [0.29, 0.717) is 11.1 Å². The van der Waals surface area contributed by atoms with Gasteiger partial charge in [-0.05, 0) is 31.2 Å². The number of hydrogen-bond acceptors (Lipinski definition) is 3. The number of aromatic nitrogens is 4. The first-order valence-electron chi connectivity index (χ1n) is 6.11. The number of aryl methyl sites for hydroxylation is 1. The first-order chi connectivity index (χ1) is 8.18. The maximum absolute atomic E-state index is 6.27. The molecule has 0 amide bonds. The van der Waals surface area contributed by atoms with Gasteiger partial charge in [0, 0.05) is 11.5 Å². The third kappa shape index (κ3) is 1.62. The summed E-state index contributed by atoms with van der Waals surface area (Å²) in [4.78, 5) is 0. The Balaban J connectivity index is 2.32. The van der Waals surface area contributed by atoms with Gasteiger partial charge in [-0.3, -0.25) is 0 Å². The smallest absolute Gasteiger partial charge is 0.181 e. The Morgan fingerprint density at radius 3 is 2.53 bits per heavy atom. The topological polar surface area (TPSA) is 43.1 Å². The zero-order valence-corrected chi connectivity index (χ0v) is 10.8. The van der Waals surface area contributed by atoms with Crippen LogP contribution in [0.25, 0.3) is 5.65 Å². The molecule has 90 valence electrons. The Morgan fingerprint density at radius 1 is 1.12 bits per heavy atom. The highest BCUT2D eigenvalue weighted by atomic mass is 35.5. The maximum Gasteiger partial charge on any atom is 0.181 e. The molecule has 0 saturated heterocycles. The summed E-state index contributed by atoms with van der Waals surface area (Å²) in [6.45, 7) is 4.18. The van der Waals surface area contributed by atoms with Gasteiger partial charge in [0.05, 0.1) is 0 Å². The van der Waals surface area contributed by atoms with Crippen LogP contribution in [0.3, 0.4) is 0 Å². The van der Waals surface area contributed by atoms with Gasteiger partial charge in [-0.15, -0.1) is 10.2 Å². The van der Waals surface area contributed by atoms with E-state index >= 15 is 0 Å². The predicted molar refractivity (Wildman–Crippen MR) is 66.5 cm³/mol. The van der Waals surface area contributed by atoms with Crippen LogP contribution in [-0.2, 0) is 12.8 Å². The second kappa shape index (κ2) is 3.95. The molecular weight excluding hydrogens is 236 g/mol. The van der Waals surface area contributed by atoms with Gasteiger partial charge in [0.2, 0.25) is 0 Å². The van der Waals surface area contributed by atoms with Crippen LogP contribution in [-0.4, -0.2) is 19.8 Å². The van der Waals surface area contributed by atoms with Crippen molar-refractivity contribution in [3.63, 3.8) is 0 Å². The molecule has 17 heavy (non-hydrogen) atoms. The summed E-state index contributed by atoms with van der Waals surface area (Å²) < 4.78 is 1.82. The monoisotopic (exact) mass is 250 g/mol. The lowest BCUT2D eigenvalue weighted by molar-refractivity contribution is 0.666. The van der Waals surface area contributed by atoms with Gasteiger partial charge in [0.25, 0.3) is 0 Å². The lowest BCUT2D eigenvalue weighted by Gasteiger charge is -2.16. The molecule has 0 bridgehead atoms. The van der Waals surface area contributed by atoms with Crippen LogP contribution in [0.15, 0.2) is 0 Å². The van der Waals surface area contributed by atoms with Crippen molar-refractivity contribution in [2.24, 2.45) is 0 Å². The highest BCUT2D eigenvalue weighted by molar-refractivity contribution is 6.30. The Morgan fingerprint density at radius 2 is 1.82 bits per heavy atom. The van der Waals surface area contributed by atoms with E-state index in [9.17, 15) is 0 Å². The maximum atomic E-state index is 6.27. The van der Waals surface area contributed by atoms with Crippen molar-refractivity contribution in [2.45, 2.75) is 45.4 Å². The van der Waals surface area contributed by atoms with Crippen LogP contribution in [0.5, 0.6) is 0 Å². The van der Waals surface area contributed by atoms with E-state index in [1.807, 2.05) is 4.52 Å². The second-order valence-electron chi connectivity index (χ2n) is 4.90. The summed E-state index contributed by atoms with van der Waals surface area (Å²) in [5.41, 5.74) is 3.32. The number of halogens is 1.